The summed E-state index contributed by atoms with van der Waals surface area (Å²) in [6.07, 6.45) is 0. The number of halogens is 2. The van der Waals surface area contributed by atoms with Crippen LogP contribution in [0.1, 0.15) is 22.7 Å². The monoisotopic (exact) mass is 451 g/mol. The molecule has 3 aromatic rings. The van der Waals surface area contributed by atoms with Crippen LogP contribution in [0.15, 0.2) is 72.3 Å². The molecule has 1 N–H and O–H groups in total. The smallest absolute Gasteiger partial charge is 0.300 e. The van der Waals surface area contributed by atoms with Crippen LogP contribution in [-0.4, -0.2) is 23.9 Å². The number of aliphatic hydroxyl groups excluding tert-OH is 1. The lowest BCUT2D eigenvalue weighted by Crippen LogP contribution is -2.29. The van der Waals surface area contributed by atoms with E-state index in [2.05, 4.69) is 0 Å². The normalized spacial score (nSPS) is 17.6. The highest BCUT2D eigenvalue weighted by molar-refractivity contribution is 6.52. The average molecular weight is 452 g/mol. The second kappa shape index (κ2) is 8.48. The van der Waals surface area contributed by atoms with Gasteiger partial charge < -0.3 is 9.84 Å². The Hall–Kier alpha value is -3.64. The quantitative estimate of drug-likeness (QED) is 0.326. The van der Waals surface area contributed by atoms with Crippen molar-refractivity contribution < 1.29 is 23.8 Å². The number of hydrogen-bond donors (Lipinski definition) is 1. The van der Waals surface area contributed by atoms with Gasteiger partial charge in [0, 0.05) is 11.3 Å². The van der Waals surface area contributed by atoms with Crippen LogP contribution >= 0.6 is 11.6 Å². The van der Waals surface area contributed by atoms with Gasteiger partial charge in [-0.1, -0.05) is 41.4 Å². The van der Waals surface area contributed by atoms with E-state index in [0.29, 0.717) is 17.0 Å². The van der Waals surface area contributed by atoms with Crippen LogP contribution in [0.5, 0.6) is 5.75 Å². The van der Waals surface area contributed by atoms with Crippen molar-refractivity contribution in [3.05, 3.63) is 99.8 Å². The predicted molar refractivity (Wildman–Crippen MR) is 120 cm³/mol. The van der Waals surface area contributed by atoms with Crippen LogP contribution in [0, 0.1) is 12.7 Å². The maximum absolute atomic E-state index is 13.6. The number of aliphatic hydroxyl groups is 1. The van der Waals surface area contributed by atoms with Gasteiger partial charge in [-0.3, -0.25) is 14.5 Å². The van der Waals surface area contributed by atoms with E-state index in [4.69, 9.17) is 16.3 Å². The number of methoxy groups -OCH3 is 1. The van der Waals surface area contributed by atoms with Crippen LogP contribution < -0.4 is 9.64 Å². The Balaban J connectivity index is 1.96. The van der Waals surface area contributed by atoms with Crippen LogP contribution in [-0.2, 0) is 9.59 Å². The molecule has 1 heterocycles. The van der Waals surface area contributed by atoms with Gasteiger partial charge in [-0.15, -0.1) is 0 Å². The van der Waals surface area contributed by atoms with Gasteiger partial charge in [-0.25, -0.2) is 4.39 Å². The number of benzene rings is 3. The number of carbonyl (C=O) groups is 2. The Labute approximate surface area is 189 Å². The van der Waals surface area contributed by atoms with Crippen LogP contribution in [0.25, 0.3) is 5.76 Å². The van der Waals surface area contributed by atoms with Crippen molar-refractivity contribution in [1.82, 2.24) is 0 Å². The predicted octanol–water partition coefficient (Wildman–Crippen LogP) is 5.42. The van der Waals surface area contributed by atoms with Crippen molar-refractivity contribution in [2.75, 3.05) is 12.0 Å². The number of rotatable bonds is 4. The number of hydrogen-bond acceptors (Lipinski definition) is 4. The highest BCUT2D eigenvalue weighted by Gasteiger charge is 2.47. The minimum absolute atomic E-state index is 0.141. The second-order valence-corrected chi connectivity index (χ2v) is 7.81. The number of Topliss-reactive ketones (excluding diaryl/α,β-unsaturated/α-hetero) is 1. The molecule has 0 bridgehead atoms. The molecule has 0 aliphatic carbocycles. The summed E-state index contributed by atoms with van der Waals surface area (Å²) >= 11 is 6.29. The summed E-state index contributed by atoms with van der Waals surface area (Å²) < 4.78 is 18.8. The summed E-state index contributed by atoms with van der Waals surface area (Å²) in [6, 6.07) is 16.2. The molecule has 1 unspecified atom stereocenters. The summed E-state index contributed by atoms with van der Waals surface area (Å²) in [7, 11) is 1.46. The molecule has 1 fully saturated rings. The zero-order chi connectivity index (χ0) is 23.0. The highest BCUT2D eigenvalue weighted by atomic mass is 35.5. The van der Waals surface area contributed by atoms with Gasteiger partial charge in [0.15, 0.2) is 0 Å². The lowest BCUT2D eigenvalue weighted by Gasteiger charge is -2.25. The molecule has 3 aromatic carbocycles. The highest BCUT2D eigenvalue weighted by Crippen LogP contribution is 2.43. The standard InChI is InChI=1S/C25H19ClFNO4/c1-14-3-9-17(10-4-14)28-22(15-5-7-16(27)8-6-15)21(24(30)25(28)31)23(29)19-13-18(32-2)11-12-20(19)26/h3-13,22,29H,1-2H3/b23-21+. The van der Waals surface area contributed by atoms with Crippen LogP contribution in [0.4, 0.5) is 10.1 Å². The topological polar surface area (TPSA) is 66.8 Å². The van der Waals surface area contributed by atoms with Gasteiger partial charge in [0.25, 0.3) is 11.7 Å². The number of carbonyl (C=O) groups excluding carboxylic acids is 2. The maximum atomic E-state index is 13.6. The van der Waals surface area contributed by atoms with E-state index in [-0.39, 0.29) is 16.2 Å². The van der Waals surface area contributed by atoms with Crippen molar-refractivity contribution >= 4 is 34.7 Å². The fourth-order valence-electron chi connectivity index (χ4n) is 3.72. The molecule has 0 spiro atoms. The Morgan fingerprint density at radius 3 is 2.31 bits per heavy atom. The molecular weight excluding hydrogens is 433 g/mol. The molecular formula is C25H19ClFNO4. The number of nitrogens with zero attached hydrogens (tertiary/aromatic N) is 1. The molecule has 32 heavy (non-hydrogen) atoms. The van der Waals surface area contributed by atoms with Crippen molar-refractivity contribution in [3.8, 4) is 5.75 Å². The SMILES string of the molecule is COc1ccc(Cl)c(/C(O)=C2\C(=O)C(=O)N(c3ccc(C)cc3)C2c2ccc(F)cc2)c1. The minimum atomic E-state index is -0.972. The van der Waals surface area contributed by atoms with Crippen molar-refractivity contribution in [2.45, 2.75) is 13.0 Å². The molecule has 162 valence electrons. The van der Waals surface area contributed by atoms with Crippen molar-refractivity contribution in [1.29, 1.82) is 0 Å². The molecule has 0 aromatic heterocycles. The lowest BCUT2D eigenvalue weighted by molar-refractivity contribution is -0.132. The van der Waals surface area contributed by atoms with Gasteiger partial charge in [-0.05, 0) is 55.0 Å². The molecule has 4 rings (SSSR count). The zero-order valence-electron chi connectivity index (χ0n) is 17.3. The first-order chi connectivity index (χ1) is 15.3. The first-order valence-electron chi connectivity index (χ1n) is 9.79. The Bertz CT molecular complexity index is 1240. The Morgan fingerprint density at radius 2 is 1.69 bits per heavy atom. The third kappa shape index (κ3) is 3.74. The van der Waals surface area contributed by atoms with E-state index < -0.39 is 29.3 Å². The summed E-state index contributed by atoms with van der Waals surface area (Å²) in [5.74, 6) is -2.14. The van der Waals surface area contributed by atoms with Gasteiger partial charge in [-0.2, -0.15) is 0 Å². The van der Waals surface area contributed by atoms with E-state index in [1.807, 2.05) is 19.1 Å². The molecule has 1 amide bonds. The molecule has 7 heteroatoms. The van der Waals surface area contributed by atoms with Gasteiger partial charge in [0.2, 0.25) is 0 Å². The van der Waals surface area contributed by atoms with E-state index >= 15 is 0 Å². The number of ketones is 1. The summed E-state index contributed by atoms with van der Waals surface area (Å²) in [6.45, 7) is 1.90. The van der Waals surface area contributed by atoms with Gasteiger partial charge >= 0.3 is 0 Å². The first-order valence-corrected chi connectivity index (χ1v) is 10.2. The van der Waals surface area contributed by atoms with Gasteiger partial charge in [0.1, 0.15) is 17.3 Å². The lowest BCUT2D eigenvalue weighted by atomic mass is 9.95. The largest absolute Gasteiger partial charge is 0.507 e. The van der Waals surface area contributed by atoms with E-state index in [1.54, 1.807) is 18.2 Å². The fourth-order valence-corrected chi connectivity index (χ4v) is 3.93. The third-order valence-corrected chi connectivity index (χ3v) is 5.70. The molecule has 0 saturated carbocycles. The number of aryl methyl sites for hydroxylation is 1. The Kier molecular flexibility index (Phi) is 5.72. The summed E-state index contributed by atoms with van der Waals surface area (Å²) in [4.78, 5) is 27.5. The minimum Gasteiger partial charge on any atom is -0.507 e. The number of ether oxygens (including phenoxy) is 1. The molecule has 1 saturated heterocycles. The second-order valence-electron chi connectivity index (χ2n) is 7.40. The van der Waals surface area contributed by atoms with E-state index in [0.717, 1.165) is 5.56 Å². The maximum Gasteiger partial charge on any atom is 0.300 e. The summed E-state index contributed by atoms with van der Waals surface area (Å²) in [5.41, 5.74) is 1.93. The Morgan fingerprint density at radius 1 is 1.03 bits per heavy atom. The molecule has 1 aliphatic rings. The molecule has 5 nitrogen and oxygen atoms in total. The van der Waals surface area contributed by atoms with Crippen molar-refractivity contribution in [2.24, 2.45) is 0 Å². The van der Waals surface area contributed by atoms with Crippen LogP contribution in [0.3, 0.4) is 0 Å². The van der Waals surface area contributed by atoms with Crippen LogP contribution in [0.2, 0.25) is 5.02 Å². The number of anilines is 1. The van der Waals surface area contributed by atoms with Crippen molar-refractivity contribution in [3.63, 3.8) is 0 Å². The average Bonchev–Trinajstić information content (AvgIpc) is 3.05. The van der Waals surface area contributed by atoms with E-state index in [1.165, 1.54) is 48.4 Å². The summed E-state index contributed by atoms with van der Waals surface area (Å²) in [5, 5.41) is 11.4. The molecule has 1 aliphatic heterocycles. The fraction of sp³-hybridized carbons (Fsp3) is 0.120. The molecule has 1 atom stereocenters. The zero-order valence-corrected chi connectivity index (χ0v) is 18.1. The van der Waals surface area contributed by atoms with Gasteiger partial charge in [0.05, 0.1) is 23.7 Å². The third-order valence-electron chi connectivity index (χ3n) is 5.37. The first kappa shape index (κ1) is 21.6. The number of amides is 1. The van der Waals surface area contributed by atoms with E-state index in [9.17, 15) is 19.1 Å². The molecule has 0 radical (unpaired) electrons.